The van der Waals surface area contributed by atoms with E-state index in [1.165, 1.54) is 0 Å². The molecule has 10 heteroatoms. The summed E-state index contributed by atoms with van der Waals surface area (Å²) >= 11 is 0. The number of ether oxygens (including phenoxy) is 6. The van der Waals surface area contributed by atoms with E-state index in [0.29, 0.717) is 66.1 Å². The number of methoxy groups -OCH3 is 1. The number of hydrogen-bond acceptors (Lipinski definition) is 10. The van der Waals surface area contributed by atoms with Crippen molar-refractivity contribution < 1.29 is 48.8 Å². The highest BCUT2D eigenvalue weighted by Crippen LogP contribution is 1.80. The predicted octanol–water partition coefficient (Wildman–Crippen LogP) is -1.32. The summed E-state index contributed by atoms with van der Waals surface area (Å²) in [5, 5.41) is 32.8. The van der Waals surface area contributed by atoms with Gasteiger partial charge in [0.2, 0.25) is 0 Å². The maximum atomic E-state index is 8.35. The lowest BCUT2D eigenvalue weighted by Gasteiger charge is -2.04. The smallest absolute Gasteiger partial charge is 0.0701 e. The Hall–Kier alpha value is -0.400. The maximum Gasteiger partial charge on any atom is 0.0701 e. The van der Waals surface area contributed by atoms with E-state index in [4.69, 9.17) is 44.1 Å². The van der Waals surface area contributed by atoms with Gasteiger partial charge < -0.3 is 48.8 Å². The first-order valence-electron chi connectivity index (χ1n) is 9.06. The Morgan fingerprint density at radius 3 is 0.963 bits per heavy atom. The summed E-state index contributed by atoms with van der Waals surface area (Å²) in [6, 6.07) is 0. The number of aliphatic hydroxyl groups is 4. The summed E-state index contributed by atoms with van der Waals surface area (Å²) in [5.41, 5.74) is 0. The van der Waals surface area contributed by atoms with Crippen LogP contribution in [-0.2, 0) is 28.4 Å². The summed E-state index contributed by atoms with van der Waals surface area (Å²) < 4.78 is 29.4. The highest BCUT2D eigenvalue weighted by atomic mass is 16.5. The summed E-state index contributed by atoms with van der Waals surface area (Å²) in [6.45, 7) is 7.76. The first-order chi connectivity index (χ1) is 13.2. The molecule has 0 aliphatic rings. The number of aliphatic hydroxyl groups excluding tert-OH is 4. The molecule has 0 rings (SSSR count). The van der Waals surface area contributed by atoms with E-state index in [-0.39, 0.29) is 26.4 Å². The molecule has 168 valence electrons. The summed E-state index contributed by atoms with van der Waals surface area (Å²) in [5.74, 6) is 0. The molecule has 27 heavy (non-hydrogen) atoms. The fraction of sp³-hybridized carbons (Fsp3) is 1.00. The molecule has 0 amide bonds. The molecule has 0 saturated heterocycles. The molecule has 10 nitrogen and oxygen atoms in total. The van der Waals surface area contributed by atoms with E-state index in [9.17, 15) is 0 Å². The molecule has 0 aromatic rings. The molecule has 0 aliphatic carbocycles. The third-order valence-electron chi connectivity index (χ3n) is 2.32. The molecule has 0 aromatic heterocycles. The molecule has 0 heterocycles. The molecule has 0 saturated carbocycles. The van der Waals surface area contributed by atoms with Crippen LogP contribution >= 0.6 is 0 Å². The van der Waals surface area contributed by atoms with Crippen LogP contribution in [0.2, 0.25) is 0 Å². The molecule has 0 spiro atoms. The quantitative estimate of drug-likeness (QED) is 0.204. The van der Waals surface area contributed by atoms with E-state index in [0.717, 1.165) is 6.61 Å². The Balaban J connectivity index is -0.000000347. The van der Waals surface area contributed by atoms with Crippen molar-refractivity contribution in [3.05, 3.63) is 0 Å². The Morgan fingerprint density at radius 1 is 0.444 bits per heavy atom. The second kappa shape index (κ2) is 36.5. The standard InChI is InChI=1S/C8H18O4.C6H14O4.C3H8O2/c1-2-10-5-6-12-8-7-11-4-3-9;7-1-3-9-5-6-10-4-2-8;1-5-3-2-4/h9H,2-8H2,1H3;7-8H,1-6H2;4H,2-3H2,1H3. The summed E-state index contributed by atoms with van der Waals surface area (Å²) in [6.07, 6.45) is 0. The van der Waals surface area contributed by atoms with Crippen LogP contribution in [0.1, 0.15) is 6.92 Å². The fourth-order valence-electron chi connectivity index (χ4n) is 1.19. The highest BCUT2D eigenvalue weighted by molar-refractivity contribution is 4.32. The van der Waals surface area contributed by atoms with Crippen molar-refractivity contribution in [2.24, 2.45) is 0 Å². The van der Waals surface area contributed by atoms with Crippen molar-refractivity contribution in [3.8, 4) is 0 Å². The summed E-state index contributed by atoms with van der Waals surface area (Å²) in [7, 11) is 1.55. The van der Waals surface area contributed by atoms with Crippen LogP contribution in [0.15, 0.2) is 0 Å². The third-order valence-corrected chi connectivity index (χ3v) is 2.32. The Labute approximate surface area is 162 Å². The molecule has 0 atom stereocenters. The Bertz CT molecular complexity index is 190. The van der Waals surface area contributed by atoms with Gasteiger partial charge in [-0.3, -0.25) is 0 Å². The van der Waals surface area contributed by atoms with E-state index < -0.39 is 0 Å². The molecule has 0 aliphatic heterocycles. The van der Waals surface area contributed by atoms with Crippen LogP contribution in [0.25, 0.3) is 0 Å². The molecule has 0 radical (unpaired) electrons. The molecular formula is C17H40O10. The monoisotopic (exact) mass is 404 g/mol. The van der Waals surface area contributed by atoms with Gasteiger partial charge in [0.25, 0.3) is 0 Å². The second-order valence-corrected chi connectivity index (χ2v) is 4.53. The lowest BCUT2D eigenvalue weighted by Crippen LogP contribution is -2.10. The van der Waals surface area contributed by atoms with Gasteiger partial charge in [0, 0.05) is 13.7 Å². The molecule has 4 N–H and O–H groups in total. The van der Waals surface area contributed by atoms with E-state index in [1.54, 1.807) is 7.11 Å². The zero-order chi connectivity index (χ0) is 20.8. The SMILES string of the molecule is CCOCCOCCOCCO.COCCO.OCCOCCOCCO. The van der Waals surface area contributed by atoms with Crippen LogP contribution in [0.5, 0.6) is 0 Å². The lowest BCUT2D eigenvalue weighted by molar-refractivity contribution is 0.00965. The Kier molecular flexibility index (Phi) is 42.3. The third kappa shape index (κ3) is 46.0. The normalized spacial score (nSPS) is 10.0. The summed E-state index contributed by atoms with van der Waals surface area (Å²) in [4.78, 5) is 0. The first-order valence-corrected chi connectivity index (χ1v) is 9.06. The zero-order valence-corrected chi connectivity index (χ0v) is 16.8. The van der Waals surface area contributed by atoms with Gasteiger partial charge in [-0.15, -0.1) is 0 Å². The van der Waals surface area contributed by atoms with Crippen molar-refractivity contribution in [1.82, 2.24) is 0 Å². The maximum absolute atomic E-state index is 8.35. The lowest BCUT2D eigenvalue weighted by atomic mass is 10.7. The molecular weight excluding hydrogens is 364 g/mol. The van der Waals surface area contributed by atoms with Crippen LogP contribution in [0.3, 0.4) is 0 Å². The van der Waals surface area contributed by atoms with Gasteiger partial charge in [-0.2, -0.15) is 0 Å². The van der Waals surface area contributed by atoms with Gasteiger partial charge in [0.15, 0.2) is 0 Å². The Morgan fingerprint density at radius 2 is 0.741 bits per heavy atom. The van der Waals surface area contributed by atoms with E-state index >= 15 is 0 Å². The van der Waals surface area contributed by atoms with Gasteiger partial charge in [0.05, 0.1) is 92.5 Å². The molecule has 0 fully saturated rings. The zero-order valence-electron chi connectivity index (χ0n) is 16.8. The van der Waals surface area contributed by atoms with Gasteiger partial charge >= 0.3 is 0 Å². The van der Waals surface area contributed by atoms with Crippen LogP contribution in [0.4, 0.5) is 0 Å². The number of rotatable bonds is 18. The minimum absolute atomic E-state index is 0.0417. The minimum Gasteiger partial charge on any atom is -0.394 e. The molecule has 0 aromatic carbocycles. The van der Waals surface area contributed by atoms with Crippen molar-refractivity contribution in [2.75, 3.05) is 106 Å². The highest BCUT2D eigenvalue weighted by Gasteiger charge is 1.89. The van der Waals surface area contributed by atoms with Crippen molar-refractivity contribution in [3.63, 3.8) is 0 Å². The average Bonchev–Trinajstić information content (AvgIpc) is 2.68. The van der Waals surface area contributed by atoms with E-state index in [2.05, 4.69) is 4.74 Å². The fourth-order valence-corrected chi connectivity index (χ4v) is 1.19. The van der Waals surface area contributed by atoms with Gasteiger partial charge in [-0.1, -0.05) is 0 Å². The van der Waals surface area contributed by atoms with Crippen molar-refractivity contribution >= 4 is 0 Å². The van der Waals surface area contributed by atoms with Crippen molar-refractivity contribution in [1.29, 1.82) is 0 Å². The topological polar surface area (TPSA) is 136 Å². The van der Waals surface area contributed by atoms with E-state index in [1.807, 2.05) is 6.92 Å². The number of hydrogen-bond donors (Lipinski definition) is 4. The largest absolute Gasteiger partial charge is 0.394 e. The predicted molar refractivity (Wildman–Crippen MR) is 100.0 cm³/mol. The van der Waals surface area contributed by atoms with Gasteiger partial charge in [0.1, 0.15) is 0 Å². The van der Waals surface area contributed by atoms with Crippen LogP contribution < -0.4 is 0 Å². The van der Waals surface area contributed by atoms with Crippen LogP contribution in [-0.4, -0.2) is 127 Å². The average molecular weight is 404 g/mol. The molecule has 0 unspecified atom stereocenters. The first kappa shape index (κ1) is 31.3. The van der Waals surface area contributed by atoms with Crippen LogP contribution in [0, 0.1) is 0 Å². The van der Waals surface area contributed by atoms with Gasteiger partial charge in [-0.25, -0.2) is 0 Å². The molecule has 0 bridgehead atoms. The van der Waals surface area contributed by atoms with Crippen molar-refractivity contribution in [2.45, 2.75) is 6.92 Å². The van der Waals surface area contributed by atoms with Gasteiger partial charge in [-0.05, 0) is 6.92 Å². The second-order valence-electron chi connectivity index (χ2n) is 4.53. The minimum atomic E-state index is 0.0417.